The van der Waals surface area contributed by atoms with Gasteiger partial charge in [0.05, 0.1) is 22.5 Å². The van der Waals surface area contributed by atoms with Gasteiger partial charge in [-0.05, 0) is 22.0 Å². The number of halogens is 2. The average Bonchev–Trinajstić information content (AvgIpc) is 2.23. The van der Waals surface area contributed by atoms with Crippen molar-refractivity contribution in [3.8, 4) is 5.75 Å². The number of hydrogen-bond acceptors (Lipinski definition) is 2. The molecule has 0 aliphatic carbocycles. The van der Waals surface area contributed by atoms with Crippen molar-refractivity contribution in [1.82, 2.24) is 4.98 Å². The predicted octanol–water partition coefficient (Wildman–Crippen LogP) is 2.95. The normalized spacial score (nSPS) is 10.6. The summed E-state index contributed by atoms with van der Waals surface area (Å²) in [6.07, 6.45) is 1.58. The van der Waals surface area contributed by atoms with Crippen LogP contribution in [-0.4, -0.2) is 12.1 Å². The van der Waals surface area contributed by atoms with Crippen LogP contribution in [0.25, 0.3) is 10.9 Å². The molecule has 0 bridgehead atoms. The summed E-state index contributed by atoms with van der Waals surface area (Å²) in [7, 11) is 1.53. The number of nitrogens with one attached hydrogen (secondary N) is 1. The van der Waals surface area contributed by atoms with Crippen LogP contribution in [0.3, 0.4) is 0 Å². The number of aromatic nitrogens is 1. The molecule has 1 aromatic heterocycles. The van der Waals surface area contributed by atoms with Gasteiger partial charge in [0.15, 0.2) is 0 Å². The summed E-state index contributed by atoms with van der Waals surface area (Å²) in [5, 5.41) is 0.983. The highest BCUT2D eigenvalue weighted by molar-refractivity contribution is 9.10. The van der Waals surface area contributed by atoms with E-state index < -0.39 is 0 Å². The topological polar surface area (TPSA) is 42.1 Å². The van der Waals surface area contributed by atoms with E-state index in [1.807, 2.05) is 0 Å². The number of fused-ring (bicyclic) bond motifs is 1. The number of pyridine rings is 1. The number of benzene rings is 1. The van der Waals surface area contributed by atoms with E-state index in [9.17, 15) is 4.79 Å². The summed E-state index contributed by atoms with van der Waals surface area (Å²) < 4.78 is 5.60. The number of methoxy groups -OCH3 is 1. The van der Waals surface area contributed by atoms with E-state index in [0.29, 0.717) is 26.1 Å². The number of rotatable bonds is 1. The average molecular weight is 289 g/mol. The van der Waals surface area contributed by atoms with Gasteiger partial charge in [-0.1, -0.05) is 11.6 Å². The maximum absolute atomic E-state index is 11.8. The smallest absolute Gasteiger partial charge is 0.203 e. The molecule has 1 N–H and O–H groups in total. The standard InChI is InChI=1S/C10H7BrClNO2/c1-15-8-3-5(12)2-6-9(8)13-4-7(11)10(6)14/h2-4H,1H3,(H,13,14). The molecule has 0 saturated carbocycles. The fourth-order valence-corrected chi connectivity index (χ4v) is 1.94. The first-order valence-electron chi connectivity index (χ1n) is 4.18. The van der Waals surface area contributed by atoms with Crippen molar-refractivity contribution in [2.45, 2.75) is 0 Å². The van der Waals surface area contributed by atoms with E-state index in [-0.39, 0.29) is 5.43 Å². The quantitative estimate of drug-likeness (QED) is 0.876. The van der Waals surface area contributed by atoms with Crippen molar-refractivity contribution in [2.24, 2.45) is 0 Å². The highest BCUT2D eigenvalue weighted by Crippen LogP contribution is 2.26. The number of H-pyrrole nitrogens is 1. The SMILES string of the molecule is COc1cc(Cl)cc2c(=O)c(Br)c[nH]c12. The van der Waals surface area contributed by atoms with E-state index in [0.717, 1.165) is 0 Å². The van der Waals surface area contributed by atoms with Gasteiger partial charge in [-0.15, -0.1) is 0 Å². The van der Waals surface area contributed by atoms with Gasteiger partial charge in [-0.3, -0.25) is 4.79 Å². The number of aromatic amines is 1. The molecule has 1 aromatic carbocycles. The van der Waals surface area contributed by atoms with Crippen molar-refractivity contribution in [3.63, 3.8) is 0 Å². The second kappa shape index (κ2) is 3.87. The predicted molar refractivity (Wildman–Crippen MR) is 63.8 cm³/mol. The molecular formula is C10H7BrClNO2. The Morgan fingerprint density at radius 2 is 2.20 bits per heavy atom. The monoisotopic (exact) mass is 287 g/mol. The molecule has 0 saturated heterocycles. The molecule has 0 unspecified atom stereocenters. The fourth-order valence-electron chi connectivity index (χ4n) is 1.40. The van der Waals surface area contributed by atoms with Crippen LogP contribution in [0, 0.1) is 0 Å². The maximum atomic E-state index is 11.8. The Bertz CT molecular complexity index is 579. The summed E-state index contributed by atoms with van der Waals surface area (Å²) >= 11 is 9.04. The van der Waals surface area contributed by atoms with E-state index in [4.69, 9.17) is 16.3 Å². The van der Waals surface area contributed by atoms with E-state index in [2.05, 4.69) is 20.9 Å². The molecule has 3 nitrogen and oxygen atoms in total. The van der Waals surface area contributed by atoms with Crippen molar-refractivity contribution in [3.05, 3.63) is 38.0 Å². The van der Waals surface area contributed by atoms with Crippen LogP contribution in [-0.2, 0) is 0 Å². The molecule has 0 fully saturated rings. The first-order valence-corrected chi connectivity index (χ1v) is 5.35. The van der Waals surface area contributed by atoms with Gasteiger partial charge < -0.3 is 9.72 Å². The van der Waals surface area contributed by atoms with E-state index in [1.165, 1.54) is 7.11 Å². The molecule has 1 heterocycles. The van der Waals surface area contributed by atoms with Crippen LogP contribution in [0.1, 0.15) is 0 Å². The molecule has 0 aliphatic heterocycles. The summed E-state index contributed by atoms with van der Waals surface area (Å²) in [6, 6.07) is 3.27. The molecular weight excluding hydrogens is 281 g/mol. The van der Waals surface area contributed by atoms with Crippen LogP contribution in [0.4, 0.5) is 0 Å². The highest BCUT2D eigenvalue weighted by atomic mass is 79.9. The van der Waals surface area contributed by atoms with Crippen LogP contribution >= 0.6 is 27.5 Å². The van der Waals surface area contributed by atoms with Crippen LogP contribution in [0.5, 0.6) is 5.75 Å². The van der Waals surface area contributed by atoms with Gasteiger partial charge in [0.1, 0.15) is 5.75 Å². The van der Waals surface area contributed by atoms with Crippen molar-refractivity contribution >= 4 is 38.4 Å². The Labute approximate surface area is 99.1 Å². The van der Waals surface area contributed by atoms with E-state index in [1.54, 1.807) is 18.3 Å². The highest BCUT2D eigenvalue weighted by Gasteiger charge is 2.08. The Morgan fingerprint density at radius 1 is 1.47 bits per heavy atom. The molecule has 0 amide bonds. The minimum atomic E-state index is -0.107. The van der Waals surface area contributed by atoms with Crippen molar-refractivity contribution in [2.75, 3.05) is 7.11 Å². The summed E-state index contributed by atoms with van der Waals surface area (Å²) in [6.45, 7) is 0. The lowest BCUT2D eigenvalue weighted by Gasteiger charge is -2.05. The Morgan fingerprint density at radius 3 is 2.87 bits per heavy atom. The van der Waals surface area contributed by atoms with Gasteiger partial charge in [0.25, 0.3) is 0 Å². The zero-order valence-corrected chi connectivity index (χ0v) is 10.1. The molecule has 0 radical (unpaired) electrons. The molecule has 0 atom stereocenters. The lowest BCUT2D eigenvalue weighted by molar-refractivity contribution is 0.419. The van der Waals surface area contributed by atoms with Crippen LogP contribution < -0.4 is 10.2 Å². The largest absolute Gasteiger partial charge is 0.494 e. The molecule has 2 aromatic rings. The number of ether oxygens (including phenoxy) is 1. The van der Waals surface area contributed by atoms with Gasteiger partial charge in [0.2, 0.25) is 5.43 Å². The van der Waals surface area contributed by atoms with Crippen LogP contribution in [0.2, 0.25) is 5.02 Å². The summed E-state index contributed by atoms with van der Waals surface area (Å²) in [4.78, 5) is 14.7. The molecule has 0 aliphatic rings. The second-order valence-corrected chi connectivity index (χ2v) is 4.29. The number of hydrogen-bond donors (Lipinski definition) is 1. The summed E-state index contributed by atoms with van der Waals surface area (Å²) in [5.74, 6) is 0.558. The third kappa shape index (κ3) is 1.75. The van der Waals surface area contributed by atoms with Gasteiger partial charge in [-0.2, -0.15) is 0 Å². The zero-order valence-electron chi connectivity index (χ0n) is 7.80. The third-order valence-corrected chi connectivity index (χ3v) is 2.90. The van der Waals surface area contributed by atoms with Crippen molar-refractivity contribution < 1.29 is 4.74 Å². The first-order chi connectivity index (χ1) is 7.13. The maximum Gasteiger partial charge on any atom is 0.203 e. The minimum Gasteiger partial charge on any atom is -0.494 e. The molecule has 15 heavy (non-hydrogen) atoms. The second-order valence-electron chi connectivity index (χ2n) is 3.00. The summed E-state index contributed by atoms with van der Waals surface area (Å²) in [5.41, 5.74) is 0.541. The fraction of sp³-hybridized carbons (Fsp3) is 0.100. The van der Waals surface area contributed by atoms with Crippen molar-refractivity contribution in [1.29, 1.82) is 0 Å². The van der Waals surface area contributed by atoms with Gasteiger partial charge >= 0.3 is 0 Å². The Balaban J connectivity index is 2.96. The van der Waals surface area contributed by atoms with Crippen LogP contribution in [0.15, 0.2) is 27.6 Å². The molecule has 0 spiro atoms. The molecule has 5 heteroatoms. The zero-order chi connectivity index (χ0) is 11.0. The van der Waals surface area contributed by atoms with Gasteiger partial charge in [0, 0.05) is 17.3 Å². The Kier molecular flexibility index (Phi) is 2.71. The molecule has 78 valence electrons. The lowest BCUT2D eigenvalue weighted by atomic mass is 10.2. The lowest BCUT2D eigenvalue weighted by Crippen LogP contribution is -2.04. The third-order valence-electron chi connectivity index (χ3n) is 2.09. The molecule has 2 rings (SSSR count). The Hall–Kier alpha value is -1.00. The van der Waals surface area contributed by atoms with E-state index >= 15 is 0 Å². The first kappa shape index (κ1) is 10.5. The van der Waals surface area contributed by atoms with Gasteiger partial charge in [-0.25, -0.2) is 0 Å². The minimum absolute atomic E-state index is 0.107.